The van der Waals surface area contributed by atoms with E-state index >= 15 is 0 Å². The van der Waals surface area contributed by atoms with Gasteiger partial charge in [0.05, 0.1) is 0 Å². The lowest BCUT2D eigenvalue weighted by Crippen LogP contribution is -2.07. The van der Waals surface area contributed by atoms with Crippen molar-refractivity contribution in [3.05, 3.63) is 35.4 Å². The van der Waals surface area contributed by atoms with E-state index in [2.05, 4.69) is 13.8 Å². The Balaban J connectivity index is 2.76. The summed E-state index contributed by atoms with van der Waals surface area (Å²) in [6, 6.07) is 7.58. The molecule has 0 saturated heterocycles. The molecule has 2 heteroatoms. The van der Waals surface area contributed by atoms with Gasteiger partial charge < -0.3 is 0 Å². The third kappa shape index (κ3) is 3.04. The van der Waals surface area contributed by atoms with E-state index < -0.39 is 0 Å². The number of rotatable bonds is 4. The molecule has 0 spiro atoms. The highest BCUT2D eigenvalue weighted by molar-refractivity contribution is 7.80. The maximum Gasteiger partial charge on any atom is 0.150 e. The van der Waals surface area contributed by atoms with E-state index in [-0.39, 0.29) is 0 Å². The Hall–Kier alpha value is -1.02. The highest BCUT2D eigenvalue weighted by Crippen LogP contribution is 2.09. The summed E-state index contributed by atoms with van der Waals surface area (Å²) in [5, 5.41) is 0. The van der Waals surface area contributed by atoms with E-state index in [1.165, 1.54) is 0 Å². The van der Waals surface area contributed by atoms with Gasteiger partial charge in [-0.15, -0.1) is 0 Å². The number of thiocarbonyl (C=S) groups is 1. The highest BCUT2D eigenvalue weighted by atomic mass is 32.1. The van der Waals surface area contributed by atoms with Gasteiger partial charge in [-0.05, 0) is 22.4 Å². The first-order valence-corrected chi connectivity index (χ1v) is 5.11. The van der Waals surface area contributed by atoms with Crippen molar-refractivity contribution in [1.82, 2.24) is 0 Å². The zero-order valence-corrected chi connectivity index (χ0v) is 9.30. The van der Waals surface area contributed by atoms with E-state index in [1.807, 2.05) is 18.2 Å². The normalized spacial score (nSPS) is 10.2. The molecule has 0 aliphatic heterocycles. The number of carbonyl (C=O) groups excluding carboxylic acids is 1. The number of aldehydes is 1. The summed E-state index contributed by atoms with van der Waals surface area (Å²) in [4.78, 5) is 11.6. The topological polar surface area (TPSA) is 17.1 Å². The first kappa shape index (κ1) is 11.1. The van der Waals surface area contributed by atoms with Crippen LogP contribution in [0, 0.1) is 5.92 Å². The molecule has 0 heterocycles. The fourth-order valence-electron chi connectivity index (χ4n) is 1.18. The molecule has 0 N–H and O–H groups in total. The molecule has 0 fully saturated rings. The van der Waals surface area contributed by atoms with E-state index in [4.69, 9.17) is 12.2 Å². The number of benzene rings is 1. The smallest absolute Gasteiger partial charge is 0.150 e. The van der Waals surface area contributed by atoms with Gasteiger partial charge in [-0.3, -0.25) is 4.79 Å². The van der Waals surface area contributed by atoms with Gasteiger partial charge in [-0.2, -0.15) is 0 Å². The van der Waals surface area contributed by atoms with Gasteiger partial charge in [0.15, 0.2) is 0 Å². The Morgan fingerprint density at radius 1 is 1.50 bits per heavy atom. The lowest BCUT2D eigenvalue weighted by Gasteiger charge is -2.07. The Labute approximate surface area is 90.1 Å². The summed E-state index contributed by atoms with van der Waals surface area (Å²) >= 11 is 5.25. The Morgan fingerprint density at radius 2 is 2.21 bits per heavy atom. The predicted octanol–water partition coefficient (Wildman–Crippen LogP) is 3.07. The molecule has 1 aromatic carbocycles. The van der Waals surface area contributed by atoms with Crippen LogP contribution in [0.2, 0.25) is 0 Å². The largest absolute Gasteiger partial charge is 0.298 e. The molecule has 0 bridgehead atoms. The number of hydrogen-bond acceptors (Lipinski definition) is 2. The molecule has 0 aliphatic rings. The number of carbonyl (C=O) groups is 1. The van der Waals surface area contributed by atoms with Gasteiger partial charge in [0, 0.05) is 12.0 Å². The fraction of sp³-hybridized carbons (Fsp3) is 0.333. The van der Waals surface area contributed by atoms with Crippen LogP contribution in [0.5, 0.6) is 0 Å². The second-order valence-corrected chi connectivity index (χ2v) is 4.19. The Bertz CT molecular complexity index is 342. The van der Waals surface area contributed by atoms with Crippen molar-refractivity contribution in [3.63, 3.8) is 0 Å². The Morgan fingerprint density at radius 3 is 2.79 bits per heavy atom. The van der Waals surface area contributed by atoms with Gasteiger partial charge in [0.1, 0.15) is 6.29 Å². The minimum atomic E-state index is 0.421. The van der Waals surface area contributed by atoms with Crippen LogP contribution in [0.4, 0.5) is 0 Å². The molecule has 0 radical (unpaired) electrons. The SMILES string of the molecule is CC(C)C(=S)Cc1cccc(C=O)c1. The van der Waals surface area contributed by atoms with Gasteiger partial charge >= 0.3 is 0 Å². The summed E-state index contributed by atoms with van der Waals surface area (Å²) < 4.78 is 0. The maximum atomic E-state index is 10.5. The lowest BCUT2D eigenvalue weighted by molar-refractivity contribution is 0.112. The van der Waals surface area contributed by atoms with Crippen LogP contribution in [0.1, 0.15) is 29.8 Å². The van der Waals surface area contributed by atoms with E-state index in [1.54, 1.807) is 6.07 Å². The summed E-state index contributed by atoms with van der Waals surface area (Å²) in [7, 11) is 0. The van der Waals surface area contributed by atoms with Crippen molar-refractivity contribution in [2.24, 2.45) is 5.92 Å². The monoisotopic (exact) mass is 206 g/mol. The highest BCUT2D eigenvalue weighted by Gasteiger charge is 2.04. The van der Waals surface area contributed by atoms with Crippen LogP contribution in [0.15, 0.2) is 24.3 Å². The summed E-state index contributed by atoms with van der Waals surface area (Å²) in [6.07, 6.45) is 1.65. The van der Waals surface area contributed by atoms with Crippen molar-refractivity contribution in [3.8, 4) is 0 Å². The molecule has 0 saturated carbocycles. The minimum Gasteiger partial charge on any atom is -0.298 e. The van der Waals surface area contributed by atoms with E-state index in [0.29, 0.717) is 11.5 Å². The van der Waals surface area contributed by atoms with Crippen molar-refractivity contribution >= 4 is 23.4 Å². The molecule has 14 heavy (non-hydrogen) atoms. The average Bonchev–Trinajstić information content (AvgIpc) is 2.18. The van der Waals surface area contributed by atoms with Crippen LogP contribution in [-0.2, 0) is 6.42 Å². The second kappa shape index (κ2) is 5.01. The summed E-state index contributed by atoms with van der Waals surface area (Å²) in [6.45, 7) is 4.18. The molecule has 0 aromatic heterocycles. The molecule has 0 unspecified atom stereocenters. The van der Waals surface area contributed by atoms with Gasteiger partial charge in [0.2, 0.25) is 0 Å². The second-order valence-electron chi connectivity index (χ2n) is 3.66. The first-order chi connectivity index (χ1) is 6.63. The zero-order valence-electron chi connectivity index (χ0n) is 8.49. The van der Waals surface area contributed by atoms with Crippen LogP contribution < -0.4 is 0 Å². The van der Waals surface area contributed by atoms with Gasteiger partial charge in [0.25, 0.3) is 0 Å². The van der Waals surface area contributed by atoms with Crippen molar-refractivity contribution in [1.29, 1.82) is 0 Å². The van der Waals surface area contributed by atoms with Crippen LogP contribution in [-0.4, -0.2) is 11.2 Å². The van der Waals surface area contributed by atoms with Crippen LogP contribution in [0.25, 0.3) is 0 Å². The molecule has 0 atom stereocenters. The van der Waals surface area contributed by atoms with Gasteiger partial charge in [-0.1, -0.05) is 44.3 Å². The maximum absolute atomic E-state index is 10.5. The molecule has 1 aromatic rings. The molecule has 1 nitrogen and oxygen atoms in total. The quantitative estimate of drug-likeness (QED) is 0.556. The van der Waals surface area contributed by atoms with Gasteiger partial charge in [-0.25, -0.2) is 0 Å². The molecular weight excluding hydrogens is 192 g/mol. The zero-order chi connectivity index (χ0) is 10.6. The molecule has 1 rings (SSSR count). The Kier molecular flexibility index (Phi) is 3.96. The van der Waals surface area contributed by atoms with Crippen LogP contribution in [0.3, 0.4) is 0 Å². The molecule has 74 valence electrons. The third-order valence-electron chi connectivity index (χ3n) is 2.11. The number of hydrogen-bond donors (Lipinski definition) is 0. The molecule has 0 amide bonds. The van der Waals surface area contributed by atoms with Crippen LogP contribution >= 0.6 is 12.2 Å². The fourth-order valence-corrected chi connectivity index (χ4v) is 1.35. The predicted molar refractivity (Wildman–Crippen MR) is 63.0 cm³/mol. The van der Waals surface area contributed by atoms with Crippen molar-refractivity contribution in [2.45, 2.75) is 20.3 Å². The van der Waals surface area contributed by atoms with E-state index in [0.717, 1.165) is 23.1 Å². The molecular formula is C12H14OS. The summed E-state index contributed by atoms with van der Waals surface area (Å²) in [5.74, 6) is 0.421. The summed E-state index contributed by atoms with van der Waals surface area (Å²) in [5.41, 5.74) is 1.84. The van der Waals surface area contributed by atoms with Crippen molar-refractivity contribution in [2.75, 3.05) is 0 Å². The standard InChI is InChI=1S/C12H14OS/c1-9(2)12(14)7-10-4-3-5-11(6-10)8-13/h3-6,8-9H,7H2,1-2H3. The first-order valence-electron chi connectivity index (χ1n) is 4.70. The minimum absolute atomic E-state index is 0.421. The van der Waals surface area contributed by atoms with E-state index in [9.17, 15) is 4.79 Å². The average molecular weight is 206 g/mol. The third-order valence-corrected chi connectivity index (χ3v) is 2.73. The lowest BCUT2D eigenvalue weighted by atomic mass is 10.0. The molecule has 0 aliphatic carbocycles. The van der Waals surface area contributed by atoms with Crippen molar-refractivity contribution < 1.29 is 4.79 Å².